The molecule has 21 heavy (non-hydrogen) atoms. The van der Waals surface area contributed by atoms with Gasteiger partial charge in [0, 0.05) is 10.2 Å². The van der Waals surface area contributed by atoms with Crippen LogP contribution in [0.4, 0.5) is 14.5 Å². The zero-order valence-corrected chi connectivity index (χ0v) is 14.2. The second kappa shape index (κ2) is 7.31. The van der Waals surface area contributed by atoms with Crippen LogP contribution in [-0.2, 0) is 12.3 Å². The molecule has 114 valence electrons. The quantitative estimate of drug-likeness (QED) is 0.697. The van der Waals surface area contributed by atoms with Gasteiger partial charge in [0.15, 0.2) is 0 Å². The van der Waals surface area contributed by atoms with E-state index >= 15 is 0 Å². The Morgan fingerprint density at radius 3 is 2.43 bits per heavy atom. The normalized spacial score (nSPS) is 11.1. The number of alkyl halides is 2. The Kier molecular flexibility index (Phi) is 5.70. The van der Waals surface area contributed by atoms with E-state index in [1.165, 1.54) is 0 Å². The van der Waals surface area contributed by atoms with Crippen molar-refractivity contribution in [3.05, 3.63) is 51.4 Å². The highest BCUT2D eigenvalue weighted by Crippen LogP contribution is 2.26. The fourth-order valence-electron chi connectivity index (χ4n) is 2.11. The second-order valence-corrected chi connectivity index (χ2v) is 6.60. The van der Waals surface area contributed by atoms with Crippen LogP contribution in [0.2, 0.25) is 0 Å². The number of benzene rings is 1. The average Bonchev–Trinajstić information content (AvgIpc) is 2.83. The van der Waals surface area contributed by atoms with Gasteiger partial charge in [0.25, 0.3) is 5.76 Å². The van der Waals surface area contributed by atoms with Crippen LogP contribution in [0.1, 0.15) is 22.6 Å². The van der Waals surface area contributed by atoms with Gasteiger partial charge < -0.3 is 9.73 Å². The molecule has 0 spiro atoms. The summed E-state index contributed by atoms with van der Waals surface area (Å²) in [7, 11) is 0. The van der Waals surface area contributed by atoms with E-state index in [0.29, 0.717) is 24.1 Å². The molecule has 6 heteroatoms. The van der Waals surface area contributed by atoms with E-state index in [1.807, 2.05) is 32.0 Å². The zero-order valence-electron chi connectivity index (χ0n) is 11.8. The van der Waals surface area contributed by atoms with Crippen molar-refractivity contribution in [3.63, 3.8) is 0 Å². The molecule has 0 radical (unpaired) electrons. The highest BCUT2D eigenvalue weighted by atomic mass is 79.9. The summed E-state index contributed by atoms with van der Waals surface area (Å²) in [5, 5.41) is 3.33. The van der Waals surface area contributed by atoms with Crippen molar-refractivity contribution in [1.82, 2.24) is 0 Å². The molecular weight excluding hydrogens is 360 g/mol. The Morgan fingerprint density at radius 1 is 1.19 bits per heavy atom. The maximum absolute atomic E-state index is 12.1. The van der Waals surface area contributed by atoms with E-state index in [9.17, 15) is 8.78 Å². The van der Waals surface area contributed by atoms with Crippen LogP contribution in [0.15, 0.2) is 33.2 Å². The zero-order chi connectivity index (χ0) is 15.4. The minimum absolute atomic E-state index is 0.188. The maximum atomic E-state index is 12.1. The molecule has 1 heterocycles. The molecule has 0 atom stereocenters. The molecule has 0 aliphatic heterocycles. The van der Waals surface area contributed by atoms with Gasteiger partial charge in [-0.2, -0.15) is 8.78 Å². The van der Waals surface area contributed by atoms with Gasteiger partial charge in [0.05, 0.1) is 12.3 Å². The fraction of sp³-hybridized carbons (Fsp3) is 0.333. The number of furan rings is 1. The Bertz CT molecular complexity index is 592. The van der Waals surface area contributed by atoms with Crippen molar-refractivity contribution >= 4 is 33.4 Å². The van der Waals surface area contributed by atoms with Gasteiger partial charge in [0.1, 0.15) is 11.5 Å². The molecule has 2 rings (SSSR count). The van der Waals surface area contributed by atoms with E-state index < -0.39 is 5.76 Å². The molecule has 2 aromatic rings. The van der Waals surface area contributed by atoms with Crippen molar-refractivity contribution < 1.29 is 13.2 Å². The molecule has 1 aromatic heterocycles. The molecule has 0 bridgehead atoms. The summed E-state index contributed by atoms with van der Waals surface area (Å²) >= 11 is 4.03. The number of halogens is 3. The van der Waals surface area contributed by atoms with E-state index in [0.717, 1.165) is 27.0 Å². The number of thioether (sulfide) groups is 1. The van der Waals surface area contributed by atoms with Crippen LogP contribution in [0, 0.1) is 13.8 Å². The number of aryl methyl sites for hydroxylation is 2. The van der Waals surface area contributed by atoms with Crippen molar-refractivity contribution in [2.24, 2.45) is 0 Å². The van der Waals surface area contributed by atoms with E-state index in [1.54, 1.807) is 6.07 Å². The topological polar surface area (TPSA) is 25.2 Å². The maximum Gasteiger partial charge on any atom is 0.284 e. The van der Waals surface area contributed by atoms with Crippen LogP contribution in [0.3, 0.4) is 0 Å². The number of hydrogen-bond donors (Lipinski definition) is 1. The summed E-state index contributed by atoms with van der Waals surface area (Å²) < 4.78 is 30.8. The van der Waals surface area contributed by atoms with Gasteiger partial charge in [-0.15, -0.1) is 0 Å². The third kappa shape index (κ3) is 4.74. The van der Waals surface area contributed by atoms with Gasteiger partial charge in [-0.3, -0.25) is 0 Å². The van der Waals surface area contributed by atoms with E-state index in [-0.39, 0.29) is 5.75 Å². The predicted octanol–water partition coefficient (Wildman–Crippen LogP) is 5.73. The van der Waals surface area contributed by atoms with E-state index in [4.69, 9.17) is 4.42 Å². The second-order valence-electron chi connectivity index (χ2n) is 4.71. The summed E-state index contributed by atoms with van der Waals surface area (Å²) in [6, 6.07) is 7.65. The van der Waals surface area contributed by atoms with Crippen molar-refractivity contribution in [1.29, 1.82) is 0 Å². The Labute approximate surface area is 135 Å². The lowest BCUT2D eigenvalue weighted by atomic mass is 10.1. The number of rotatable bonds is 6. The standard InChI is InChI=1S/C15H16BrF2NOS/c1-9-5-11(16)6-10(2)14(9)19-7-12-3-4-13(20-12)8-21-15(17)18/h3-6,15,19H,7-8H2,1-2H3. The molecule has 2 nitrogen and oxygen atoms in total. The molecule has 0 amide bonds. The van der Waals surface area contributed by atoms with Crippen LogP contribution >= 0.6 is 27.7 Å². The Morgan fingerprint density at radius 2 is 1.81 bits per heavy atom. The molecule has 1 aromatic carbocycles. The summed E-state index contributed by atoms with van der Waals surface area (Å²) in [5.74, 6) is -0.874. The average molecular weight is 376 g/mol. The molecule has 0 fully saturated rings. The largest absolute Gasteiger partial charge is 0.463 e. The number of nitrogens with one attached hydrogen (secondary N) is 1. The monoisotopic (exact) mass is 375 g/mol. The molecular formula is C15H16BrF2NOS. The summed E-state index contributed by atoms with van der Waals surface area (Å²) in [6.07, 6.45) is 0. The highest BCUT2D eigenvalue weighted by molar-refractivity contribution is 9.10. The van der Waals surface area contributed by atoms with Crippen molar-refractivity contribution in [3.8, 4) is 0 Å². The number of hydrogen-bond acceptors (Lipinski definition) is 3. The molecule has 0 unspecified atom stereocenters. The minimum atomic E-state index is -2.37. The van der Waals surface area contributed by atoms with Crippen molar-refractivity contribution in [2.45, 2.75) is 31.9 Å². The molecule has 0 aliphatic carbocycles. The fourth-order valence-corrected chi connectivity index (χ4v) is 3.24. The molecule has 0 aliphatic rings. The predicted molar refractivity (Wildman–Crippen MR) is 86.9 cm³/mol. The smallest absolute Gasteiger partial charge is 0.284 e. The lowest BCUT2D eigenvalue weighted by Gasteiger charge is -2.12. The van der Waals surface area contributed by atoms with Crippen molar-refractivity contribution in [2.75, 3.05) is 5.32 Å². The van der Waals surface area contributed by atoms with Crippen LogP contribution in [0.25, 0.3) is 0 Å². The SMILES string of the molecule is Cc1cc(Br)cc(C)c1NCc1ccc(CSC(F)F)o1. The first-order valence-electron chi connectivity index (χ1n) is 6.43. The lowest BCUT2D eigenvalue weighted by Crippen LogP contribution is -2.02. The third-order valence-electron chi connectivity index (χ3n) is 3.01. The number of anilines is 1. The van der Waals surface area contributed by atoms with Gasteiger partial charge in [-0.05, 0) is 49.2 Å². The van der Waals surface area contributed by atoms with Gasteiger partial charge in [0.2, 0.25) is 0 Å². The first kappa shape index (κ1) is 16.4. The van der Waals surface area contributed by atoms with Crippen LogP contribution in [0.5, 0.6) is 0 Å². The third-order valence-corrected chi connectivity index (χ3v) is 4.17. The van der Waals surface area contributed by atoms with Gasteiger partial charge in [-0.25, -0.2) is 0 Å². The van der Waals surface area contributed by atoms with Gasteiger partial charge in [-0.1, -0.05) is 27.7 Å². The first-order valence-corrected chi connectivity index (χ1v) is 8.28. The molecule has 1 N–H and O–H groups in total. The van der Waals surface area contributed by atoms with Crippen LogP contribution in [-0.4, -0.2) is 5.76 Å². The Balaban J connectivity index is 1.97. The lowest BCUT2D eigenvalue weighted by molar-refractivity contribution is 0.251. The molecule has 0 saturated carbocycles. The Hall–Kier alpha value is -1.01. The highest BCUT2D eigenvalue weighted by Gasteiger charge is 2.08. The van der Waals surface area contributed by atoms with E-state index in [2.05, 4.69) is 21.2 Å². The summed E-state index contributed by atoms with van der Waals surface area (Å²) in [4.78, 5) is 0. The van der Waals surface area contributed by atoms with Crippen LogP contribution < -0.4 is 5.32 Å². The van der Waals surface area contributed by atoms with Gasteiger partial charge >= 0.3 is 0 Å². The minimum Gasteiger partial charge on any atom is -0.463 e. The first-order chi connectivity index (χ1) is 9.95. The summed E-state index contributed by atoms with van der Waals surface area (Å²) in [5.41, 5.74) is 3.35. The molecule has 0 saturated heterocycles. The summed E-state index contributed by atoms with van der Waals surface area (Å²) in [6.45, 7) is 4.60.